The molecule has 0 spiro atoms. The van der Waals surface area contributed by atoms with Crippen LogP contribution >= 0.6 is 0 Å². The van der Waals surface area contributed by atoms with Crippen molar-refractivity contribution in [2.75, 3.05) is 32.1 Å². The number of hydrogen-bond donors (Lipinski definition) is 1. The van der Waals surface area contributed by atoms with E-state index in [2.05, 4.69) is 10.5 Å². The van der Waals surface area contributed by atoms with Crippen molar-refractivity contribution in [2.45, 2.75) is 26.7 Å². The second kappa shape index (κ2) is 8.31. The molecule has 0 saturated heterocycles. The molecule has 2 amide bonds. The van der Waals surface area contributed by atoms with Gasteiger partial charge in [0.25, 0.3) is 0 Å². The fraction of sp³-hybridized carbons (Fsp3) is 0.615. The third kappa shape index (κ3) is 5.40. The fourth-order valence-corrected chi connectivity index (χ4v) is 1.65. The van der Waals surface area contributed by atoms with Crippen molar-refractivity contribution >= 4 is 17.6 Å². The molecular formula is C13H21N3O4. The molecule has 1 N–H and O–H groups in total. The number of aryl methyl sites for hydroxylation is 1. The van der Waals surface area contributed by atoms with E-state index in [-0.39, 0.29) is 18.4 Å². The fourth-order valence-electron chi connectivity index (χ4n) is 1.65. The molecule has 20 heavy (non-hydrogen) atoms. The van der Waals surface area contributed by atoms with E-state index < -0.39 is 0 Å². The predicted molar refractivity (Wildman–Crippen MR) is 73.2 cm³/mol. The third-order valence-electron chi connectivity index (χ3n) is 2.61. The number of nitrogens with one attached hydrogen (secondary N) is 1. The normalized spacial score (nSPS) is 10.3. The molecule has 0 aliphatic rings. The highest BCUT2D eigenvalue weighted by Gasteiger charge is 2.17. The molecule has 0 bridgehead atoms. The minimum atomic E-state index is -0.307. The molecule has 1 heterocycles. The first-order chi connectivity index (χ1) is 9.56. The second-order valence-electron chi connectivity index (χ2n) is 4.43. The Bertz CT molecular complexity index is 445. The summed E-state index contributed by atoms with van der Waals surface area (Å²) < 4.78 is 9.81. The van der Waals surface area contributed by atoms with Gasteiger partial charge in [-0.2, -0.15) is 0 Å². The lowest BCUT2D eigenvalue weighted by Crippen LogP contribution is -2.39. The van der Waals surface area contributed by atoms with Crippen LogP contribution in [0.5, 0.6) is 0 Å². The molecule has 0 unspecified atom stereocenters. The maximum absolute atomic E-state index is 11.9. The second-order valence-corrected chi connectivity index (χ2v) is 4.43. The average molecular weight is 283 g/mol. The lowest BCUT2D eigenvalue weighted by molar-refractivity contribution is -0.135. The van der Waals surface area contributed by atoms with Crippen LogP contribution in [0, 0.1) is 6.92 Å². The number of methoxy groups -OCH3 is 1. The number of aromatic nitrogens is 1. The Morgan fingerprint density at radius 1 is 1.50 bits per heavy atom. The number of carbonyl (C=O) groups excluding carboxylic acids is 2. The molecule has 0 aliphatic heterocycles. The van der Waals surface area contributed by atoms with Crippen LogP contribution in [0.15, 0.2) is 10.6 Å². The van der Waals surface area contributed by atoms with Gasteiger partial charge in [0, 0.05) is 26.1 Å². The first-order valence-corrected chi connectivity index (χ1v) is 6.56. The van der Waals surface area contributed by atoms with Gasteiger partial charge in [0.1, 0.15) is 5.76 Å². The van der Waals surface area contributed by atoms with Crippen molar-refractivity contribution in [3.05, 3.63) is 11.8 Å². The average Bonchev–Trinajstić information content (AvgIpc) is 2.80. The van der Waals surface area contributed by atoms with Crippen LogP contribution < -0.4 is 5.32 Å². The van der Waals surface area contributed by atoms with E-state index in [0.717, 1.165) is 6.42 Å². The van der Waals surface area contributed by atoms with Crippen LogP contribution in [0.2, 0.25) is 0 Å². The number of ether oxygens (including phenoxy) is 1. The lowest BCUT2D eigenvalue weighted by Gasteiger charge is -2.21. The van der Waals surface area contributed by atoms with E-state index in [1.807, 2.05) is 6.92 Å². The third-order valence-corrected chi connectivity index (χ3v) is 2.61. The van der Waals surface area contributed by atoms with Gasteiger partial charge in [0.15, 0.2) is 5.82 Å². The number of carbonyl (C=O) groups is 2. The van der Waals surface area contributed by atoms with Crippen molar-refractivity contribution in [1.82, 2.24) is 10.1 Å². The number of hydrogen-bond acceptors (Lipinski definition) is 5. The summed E-state index contributed by atoms with van der Waals surface area (Å²) in [5.74, 6) is 0.593. The Labute approximate surface area is 118 Å². The first-order valence-electron chi connectivity index (χ1n) is 6.56. The van der Waals surface area contributed by atoms with Gasteiger partial charge in [0.2, 0.25) is 11.8 Å². The smallest absolute Gasteiger partial charge is 0.245 e. The molecule has 0 aromatic carbocycles. The van der Waals surface area contributed by atoms with Crippen molar-refractivity contribution in [1.29, 1.82) is 0 Å². The zero-order valence-electron chi connectivity index (χ0n) is 12.1. The van der Waals surface area contributed by atoms with E-state index in [1.54, 1.807) is 20.1 Å². The monoisotopic (exact) mass is 283 g/mol. The molecule has 0 atom stereocenters. The zero-order valence-corrected chi connectivity index (χ0v) is 12.1. The highest BCUT2D eigenvalue weighted by Crippen LogP contribution is 2.07. The Morgan fingerprint density at radius 2 is 2.25 bits per heavy atom. The van der Waals surface area contributed by atoms with Crippen LogP contribution in [0.3, 0.4) is 0 Å². The summed E-state index contributed by atoms with van der Waals surface area (Å²) in [6.07, 6.45) is 1.16. The van der Waals surface area contributed by atoms with Crippen LogP contribution in [0.4, 0.5) is 5.82 Å². The minimum absolute atomic E-state index is 0.0197. The molecule has 0 saturated carbocycles. The number of rotatable bonds is 8. The summed E-state index contributed by atoms with van der Waals surface area (Å²) in [5, 5.41) is 6.26. The van der Waals surface area contributed by atoms with Gasteiger partial charge < -0.3 is 19.5 Å². The Morgan fingerprint density at radius 3 is 2.80 bits per heavy atom. The van der Waals surface area contributed by atoms with E-state index in [4.69, 9.17) is 9.26 Å². The number of anilines is 1. The minimum Gasteiger partial charge on any atom is -0.383 e. The summed E-state index contributed by atoms with van der Waals surface area (Å²) in [6.45, 7) is 4.42. The number of amides is 2. The van der Waals surface area contributed by atoms with Crippen LogP contribution in [-0.4, -0.2) is 48.7 Å². The van der Waals surface area contributed by atoms with Crippen molar-refractivity contribution in [3.8, 4) is 0 Å². The quantitative estimate of drug-likeness (QED) is 0.774. The maximum Gasteiger partial charge on any atom is 0.245 e. The molecule has 7 heteroatoms. The Balaban J connectivity index is 2.54. The number of nitrogens with zero attached hydrogens (tertiary/aromatic N) is 2. The summed E-state index contributed by atoms with van der Waals surface area (Å²) in [7, 11) is 1.56. The highest BCUT2D eigenvalue weighted by molar-refractivity contribution is 5.93. The Hall–Kier alpha value is -1.89. The van der Waals surface area contributed by atoms with Gasteiger partial charge >= 0.3 is 0 Å². The van der Waals surface area contributed by atoms with Crippen molar-refractivity contribution in [3.63, 3.8) is 0 Å². The summed E-state index contributed by atoms with van der Waals surface area (Å²) in [5.41, 5.74) is 0. The van der Waals surface area contributed by atoms with Gasteiger partial charge in [-0.25, -0.2) is 0 Å². The molecule has 1 aromatic heterocycles. The van der Waals surface area contributed by atoms with E-state index in [0.29, 0.717) is 31.2 Å². The zero-order chi connectivity index (χ0) is 15.0. The van der Waals surface area contributed by atoms with Gasteiger partial charge in [0.05, 0.1) is 13.2 Å². The molecular weight excluding hydrogens is 262 g/mol. The van der Waals surface area contributed by atoms with Crippen LogP contribution in [-0.2, 0) is 14.3 Å². The summed E-state index contributed by atoms with van der Waals surface area (Å²) >= 11 is 0. The van der Waals surface area contributed by atoms with E-state index in [1.165, 1.54) is 4.90 Å². The van der Waals surface area contributed by atoms with Crippen molar-refractivity contribution in [2.24, 2.45) is 0 Å². The van der Waals surface area contributed by atoms with E-state index >= 15 is 0 Å². The molecule has 1 rings (SSSR count). The van der Waals surface area contributed by atoms with Crippen LogP contribution in [0.25, 0.3) is 0 Å². The highest BCUT2D eigenvalue weighted by atomic mass is 16.5. The van der Waals surface area contributed by atoms with Crippen LogP contribution in [0.1, 0.15) is 25.5 Å². The predicted octanol–water partition coefficient (Wildman–Crippen LogP) is 1.20. The first kappa shape index (κ1) is 16.2. The van der Waals surface area contributed by atoms with E-state index in [9.17, 15) is 9.59 Å². The molecule has 0 radical (unpaired) electrons. The standard InChI is InChI=1S/C13H21N3O4/c1-4-5-13(18)16(6-7-19-3)9-12(17)14-11-8-10(2)20-15-11/h8H,4-7,9H2,1-3H3,(H,14,15,17). The van der Waals surface area contributed by atoms with Gasteiger partial charge in [-0.15, -0.1) is 0 Å². The molecule has 112 valence electrons. The van der Waals surface area contributed by atoms with Crippen molar-refractivity contribution < 1.29 is 18.8 Å². The summed E-state index contributed by atoms with van der Waals surface area (Å²) in [6, 6.07) is 1.62. The molecule has 0 aliphatic carbocycles. The molecule has 1 aromatic rings. The lowest BCUT2D eigenvalue weighted by atomic mass is 10.3. The topological polar surface area (TPSA) is 84.7 Å². The van der Waals surface area contributed by atoms with Gasteiger partial charge in [-0.05, 0) is 13.3 Å². The Kier molecular flexibility index (Phi) is 6.72. The summed E-state index contributed by atoms with van der Waals surface area (Å²) in [4.78, 5) is 25.3. The molecule has 7 nitrogen and oxygen atoms in total. The largest absolute Gasteiger partial charge is 0.383 e. The molecule has 0 fully saturated rings. The SMILES string of the molecule is CCCC(=O)N(CCOC)CC(=O)Nc1cc(C)on1. The van der Waals surface area contributed by atoms with Gasteiger partial charge in [-0.3, -0.25) is 9.59 Å². The maximum atomic E-state index is 11.9. The van der Waals surface area contributed by atoms with Gasteiger partial charge in [-0.1, -0.05) is 12.1 Å².